The van der Waals surface area contributed by atoms with E-state index in [1.165, 1.54) is 13.1 Å². The normalized spacial score (nSPS) is 10.6. The molecular weight excluding hydrogens is 280 g/mol. The summed E-state index contributed by atoms with van der Waals surface area (Å²) in [6, 6.07) is 8.96. The molecule has 0 saturated heterocycles. The first kappa shape index (κ1) is 13.9. The summed E-state index contributed by atoms with van der Waals surface area (Å²) in [5, 5.41) is 2.52. The van der Waals surface area contributed by atoms with Crippen LogP contribution in [0.3, 0.4) is 0 Å². The highest BCUT2D eigenvalue weighted by atomic mass is 16.1. The number of aldehydes is 1. The molecule has 0 saturated carbocycles. The number of fused-ring (bicyclic) bond motifs is 1. The molecule has 3 rings (SSSR count). The van der Waals surface area contributed by atoms with Crippen LogP contribution >= 0.6 is 0 Å². The molecule has 0 aliphatic heterocycles. The van der Waals surface area contributed by atoms with E-state index in [0.29, 0.717) is 17.7 Å². The van der Waals surface area contributed by atoms with Crippen molar-refractivity contribution in [1.29, 1.82) is 0 Å². The van der Waals surface area contributed by atoms with Gasteiger partial charge in [-0.15, -0.1) is 0 Å². The van der Waals surface area contributed by atoms with E-state index in [0.717, 1.165) is 17.6 Å². The molecule has 6 nitrogen and oxygen atoms in total. The van der Waals surface area contributed by atoms with Crippen molar-refractivity contribution in [3.8, 4) is 0 Å². The van der Waals surface area contributed by atoms with Crippen molar-refractivity contribution in [2.45, 2.75) is 6.42 Å². The van der Waals surface area contributed by atoms with Crippen LogP contribution < -0.4 is 5.32 Å². The van der Waals surface area contributed by atoms with Gasteiger partial charge in [0.25, 0.3) is 5.91 Å². The molecule has 6 heteroatoms. The predicted octanol–water partition coefficient (Wildman–Crippen LogP) is 1.49. The van der Waals surface area contributed by atoms with Crippen LogP contribution in [0, 0.1) is 0 Å². The van der Waals surface area contributed by atoms with Crippen molar-refractivity contribution < 1.29 is 9.59 Å². The number of nitrogens with one attached hydrogen (secondary N) is 1. The molecule has 0 atom stereocenters. The fraction of sp³-hybridized carbons (Fsp3) is 0.125. The van der Waals surface area contributed by atoms with Crippen LogP contribution in [0.25, 0.3) is 5.65 Å². The van der Waals surface area contributed by atoms with Crippen molar-refractivity contribution in [3.63, 3.8) is 0 Å². The Hall–Kier alpha value is -3.02. The summed E-state index contributed by atoms with van der Waals surface area (Å²) in [5.74, 6) is -0.314. The van der Waals surface area contributed by atoms with E-state index in [4.69, 9.17) is 0 Å². The predicted molar refractivity (Wildman–Crippen MR) is 81.0 cm³/mol. The number of hydrogen-bond donors (Lipinski definition) is 1. The Morgan fingerprint density at radius 3 is 3.00 bits per heavy atom. The minimum atomic E-state index is -0.314. The third-order valence-electron chi connectivity index (χ3n) is 3.37. The largest absolute Gasteiger partial charge is 0.354 e. The first-order valence-corrected chi connectivity index (χ1v) is 6.80. The van der Waals surface area contributed by atoms with E-state index in [2.05, 4.69) is 15.3 Å². The van der Waals surface area contributed by atoms with Crippen molar-refractivity contribution in [2.75, 3.05) is 7.05 Å². The molecule has 22 heavy (non-hydrogen) atoms. The molecule has 3 aromatic heterocycles. The fourth-order valence-electron chi connectivity index (χ4n) is 2.35. The third-order valence-corrected chi connectivity index (χ3v) is 3.37. The molecule has 0 bridgehead atoms. The van der Waals surface area contributed by atoms with Crippen LogP contribution in [0.5, 0.6) is 0 Å². The lowest BCUT2D eigenvalue weighted by molar-refractivity contribution is 0.0958. The topological polar surface area (TPSA) is 76.4 Å². The van der Waals surface area contributed by atoms with Gasteiger partial charge in [-0.1, -0.05) is 6.07 Å². The second-order valence-electron chi connectivity index (χ2n) is 4.82. The van der Waals surface area contributed by atoms with Gasteiger partial charge in [-0.05, 0) is 24.3 Å². The minimum absolute atomic E-state index is 0.236. The molecule has 3 heterocycles. The number of imidazole rings is 1. The SMILES string of the molecule is CNC(=O)c1cc(C=O)cc(Cc2cccc3nccn23)n1. The maximum absolute atomic E-state index is 11.8. The lowest BCUT2D eigenvalue weighted by atomic mass is 10.1. The average molecular weight is 294 g/mol. The monoisotopic (exact) mass is 294 g/mol. The Labute approximate surface area is 126 Å². The Morgan fingerprint density at radius 1 is 1.36 bits per heavy atom. The molecule has 0 spiro atoms. The van der Waals surface area contributed by atoms with E-state index < -0.39 is 0 Å². The van der Waals surface area contributed by atoms with Crippen LogP contribution in [0.4, 0.5) is 0 Å². The maximum atomic E-state index is 11.8. The first-order valence-electron chi connectivity index (χ1n) is 6.80. The van der Waals surface area contributed by atoms with Crippen molar-refractivity contribution in [3.05, 3.63) is 65.4 Å². The second-order valence-corrected chi connectivity index (χ2v) is 4.82. The van der Waals surface area contributed by atoms with E-state index in [1.807, 2.05) is 28.8 Å². The molecule has 3 aromatic rings. The number of pyridine rings is 2. The van der Waals surface area contributed by atoms with Crippen molar-refractivity contribution >= 4 is 17.8 Å². The van der Waals surface area contributed by atoms with E-state index in [1.54, 1.807) is 12.3 Å². The quantitative estimate of drug-likeness (QED) is 0.740. The number of aromatic nitrogens is 3. The summed E-state index contributed by atoms with van der Waals surface area (Å²) in [6.45, 7) is 0. The molecule has 1 amide bonds. The fourth-order valence-corrected chi connectivity index (χ4v) is 2.35. The first-order chi connectivity index (χ1) is 10.7. The molecule has 0 aromatic carbocycles. The Kier molecular flexibility index (Phi) is 3.65. The molecule has 0 radical (unpaired) electrons. The summed E-state index contributed by atoms with van der Waals surface area (Å²) >= 11 is 0. The zero-order valence-corrected chi connectivity index (χ0v) is 12.0. The van der Waals surface area contributed by atoms with Gasteiger partial charge in [0.15, 0.2) is 0 Å². The van der Waals surface area contributed by atoms with Crippen LogP contribution in [0.1, 0.15) is 32.2 Å². The molecule has 0 fully saturated rings. The number of rotatable bonds is 4. The molecule has 0 aliphatic rings. The second kappa shape index (κ2) is 5.77. The average Bonchev–Trinajstić information content (AvgIpc) is 3.03. The number of amides is 1. The molecule has 0 unspecified atom stereocenters. The maximum Gasteiger partial charge on any atom is 0.269 e. The highest BCUT2D eigenvalue weighted by molar-refractivity contribution is 5.93. The summed E-state index contributed by atoms with van der Waals surface area (Å²) in [6.07, 6.45) is 4.81. The number of carbonyl (C=O) groups excluding carboxylic acids is 2. The Balaban J connectivity index is 2.03. The Morgan fingerprint density at radius 2 is 2.23 bits per heavy atom. The van der Waals surface area contributed by atoms with Gasteiger partial charge in [-0.3, -0.25) is 9.59 Å². The summed E-state index contributed by atoms with van der Waals surface area (Å²) in [5.41, 5.74) is 3.15. The molecule has 110 valence electrons. The van der Waals surface area contributed by atoms with Gasteiger partial charge < -0.3 is 9.72 Å². The van der Waals surface area contributed by atoms with Gasteiger partial charge in [0, 0.05) is 42.8 Å². The highest BCUT2D eigenvalue weighted by Crippen LogP contribution is 2.13. The smallest absolute Gasteiger partial charge is 0.269 e. The van der Waals surface area contributed by atoms with E-state index in [-0.39, 0.29) is 11.6 Å². The molecule has 0 aliphatic carbocycles. The molecule has 1 N–H and O–H groups in total. The van der Waals surface area contributed by atoms with Crippen LogP contribution in [-0.4, -0.2) is 33.6 Å². The third kappa shape index (κ3) is 2.58. The summed E-state index contributed by atoms with van der Waals surface area (Å²) in [4.78, 5) is 31.4. The number of nitrogens with zero attached hydrogens (tertiary/aromatic N) is 3. The minimum Gasteiger partial charge on any atom is -0.354 e. The van der Waals surface area contributed by atoms with Gasteiger partial charge >= 0.3 is 0 Å². The lowest BCUT2D eigenvalue weighted by Gasteiger charge is -2.08. The summed E-state index contributed by atoms with van der Waals surface area (Å²) < 4.78 is 1.95. The van der Waals surface area contributed by atoms with Gasteiger partial charge in [-0.25, -0.2) is 9.97 Å². The van der Waals surface area contributed by atoms with Gasteiger partial charge in [0.05, 0.1) is 0 Å². The lowest BCUT2D eigenvalue weighted by Crippen LogP contribution is -2.20. The highest BCUT2D eigenvalue weighted by Gasteiger charge is 2.10. The van der Waals surface area contributed by atoms with Gasteiger partial charge in [0.2, 0.25) is 0 Å². The van der Waals surface area contributed by atoms with E-state index in [9.17, 15) is 9.59 Å². The Bertz CT molecular complexity index is 854. The van der Waals surface area contributed by atoms with Crippen LogP contribution in [0.2, 0.25) is 0 Å². The molecular formula is C16H14N4O2. The van der Waals surface area contributed by atoms with E-state index >= 15 is 0 Å². The zero-order valence-electron chi connectivity index (χ0n) is 12.0. The number of carbonyl (C=O) groups is 2. The van der Waals surface area contributed by atoms with Gasteiger partial charge in [0.1, 0.15) is 17.6 Å². The van der Waals surface area contributed by atoms with Crippen molar-refractivity contribution in [1.82, 2.24) is 19.7 Å². The van der Waals surface area contributed by atoms with Crippen LogP contribution in [0.15, 0.2) is 42.7 Å². The summed E-state index contributed by atoms with van der Waals surface area (Å²) in [7, 11) is 1.53. The zero-order chi connectivity index (χ0) is 15.5. The van der Waals surface area contributed by atoms with Crippen LogP contribution in [-0.2, 0) is 6.42 Å². The standard InChI is InChI=1S/C16H14N4O2/c1-17-16(22)14-8-11(10-21)7-12(19-14)9-13-3-2-4-15-18-5-6-20(13)15/h2-8,10H,9H2,1H3,(H,17,22). The van der Waals surface area contributed by atoms with Gasteiger partial charge in [-0.2, -0.15) is 0 Å². The van der Waals surface area contributed by atoms with Crippen molar-refractivity contribution in [2.24, 2.45) is 0 Å². The number of hydrogen-bond acceptors (Lipinski definition) is 4.